The number of nitrogens with zero attached hydrogens (tertiary/aromatic N) is 4. The number of azo groups is 1. The highest BCUT2D eigenvalue weighted by Gasteiger charge is 2.17. The van der Waals surface area contributed by atoms with E-state index in [1.165, 1.54) is 0 Å². The van der Waals surface area contributed by atoms with Gasteiger partial charge in [0.1, 0.15) is 0 Å². The molecule has 20 heavy (non-hydrogen) atoms. The van der Waals surface area contributed by atoms with Crippen molar-refractivity contribution >= 4 is 0 Å². The van der Waals surface area contributed by atoms with Gasteiger partial charge in [-0.25, -0.2) is 0 Å². The first-order valence-electron chi connectivity index (χ1n) is 7.26. The van der Waals surface area contributed by atoms with Crippen molar-refractivity contribution in [2.45, 2.75) is 79.3 Å². The monoisotopic (exact) mass is 276 g/mol. The van der Waals surface area contributed by atoms with Crippen LogP contribution in [0.1, 0.15) is 67.2 Å². The van der Waals surface area contributed by atoms with E-state index in [4.69, 9.17) is 10.5 Å². The van der Waals surface area contributed by atoms with Crippen molar-refractivity contribution < 1.29 is 0 Å². The van der Waals surface area contributed by atoms with Gasteiger partial charge in [0, 0.05) is 0 Å². The van der Waals surface area contributed by atoms with E-state index < -0.39 is 12.1 Å². The zero-order valence-electron chi connectivity index (χ0n) is 13.8. The molecule has 0 aliphatic heterocycles. The van der Waals surface area contributed by atoms with Crippen molar-refractivity contribution in [3.05, 3.63) is 0 Å². The third-order valence-electron chi connectivity index (χ3n) is 2.98. The first kappa shape index (κ1) is 18.6. The minimum atomic E-state index is -0.431. The maximum Gasteiger partial charge on any atom is 0.157 e. The van der Waals surface area contributed by atoms with Crippen molar-refractivity contribution in [3.63, 3.8) is 0 Å². The molecule has 0 fully saturated rings. The second-order valence-corrected chi connectivity index (χ2v) is 7.72. The highest BCUT2D eigenvalue weighted by molar-refractivity contribution is 4.93. The fourth-order valence-corrected chi connectivity index (χ4v) is 1.60. The maximum atomic E-state index is 9.08. The second kappa shape index (κ2) is 8.00. The van der Waals surface area contributed by atoms with Gasteiger partial charge in [-0.3, -0.25) is 0 Å². The molecule has 0 aromatic carbocycles. The third-order valence-corrected chi connectivity index (χ3v) is 2.98. The Labute approximate surface area is 123 Å². The van der Waals surface area contributed by atoms with Gasteiger partial charge < -0.3 is 0 Å². The predicted octanol–water partition coefficient (Wildman–Crippen LogP) is 4.88. The maximum absolute atomic E-state index is 9.08. The predicted molar refractivity (Wildman–Crippen MR) is 81.0 cm³/mol. The van der Waals surface area contributed by atoms with Crippen LogP contribution in [0.5, 0.6) is 0 Å². The van der Waals surface area contributed by atoms with Crippen LogP contribution in [0.3, 0.4) is 0 Å². The fraction of sp³-hybridized carbons (Fsp3) is 0.875. The van der Waals surface area contributed by atoms with Crippen LogP contribution in [0.4, 0.5) is 0 Å². The Morgan fingerprint density at radius 1 is 0.750 bits per heavy atom. The van der Waals surface area contributed by atoms with E-state index in [-0.39, 0.29) is 10.8 Å². The molecule has 0 radical (unpaired) electrons. The molecule has 0 saturated carbocycles. The zero-order chi connectivity index (χ0) is 15.8. The summed E-state index contributed by atoms with van der Waals surface area (Å²) in [5, 5.41) is 26.3. The van der Waals surface area contributed by atoms with Crippen molar-refractivity contribution in [2.24, 2.45) is 21.1 Å². The van der Waals surface area contributed by atoms with Gasteiger partial charge in [0.05, 0.1) is 12.1 Å². The Bertz CT molecular complexity index is 347. The van der Waals surface area contributed by atoms with Gasteiger partial charge in [0.25, 0.3) is 0 Å². The molecule has 2 unspecified atom stereocenters. The summed E-state index contributed by atoms with van der Waals surface area (Å²) >= 11 is 0. The normalized spacial score (nSPS) is 15.6. The number of rotatable bonds is 6. The van der Waals surface area contributed by atoms with E-state index in [0.29, 0.717) is 12.8 Å². The highest BCUT2D eigenvalue weighted by atomic mass is 15.1. The molecule has 4 nitrogen and oxygen atoms in total. The van der Waals surface area contributed by atoms with Crippen LogP contribution in [0, 0.1) is 33.5 Å². The summed E-state index contributed by atoms with van der Waals surface area (Å²) in [6.45, 7) is 12.8. The molecule has 2 atom stereocenters. The van der Waals surface area contributed by atoms with Gasteiger partial charge in [0.15, 0.2) is 12.1 Å². The molecule has 0 amide bonds. The number of hydrogen-bond acceptors (Lipinski definition) is 4. The summed E-state index contributed by atoms with van der Waals surface area (Å²) in [6.07, 6.45) is 3.23. The van der Waals surface area contributed by atoms with Gasteiger partial charge in [-0.1, -0.05) is 41.5 Å². The first-order valence-corrected chi connectivity index (χ1v) is 7.26. The summed E-state index contributed by atoms with van der Waals surface area (Å²) in [4.78, 5) is 0. The molecule has 0 N–H and O–H groups in total. The average Bonchev–Trinajstić information content (AvgIpc) is 2.30. The lowest BCUT2D eigenvalue weighted by atomic mass is 9.89. The molecule has 0 bridgehead atoms. The molecule has 0 heterocycles. The quantitative estimate of drug-likeness (QED) is 0.649. The minimum Gasteiger partial charge on any atom is -0.196 e. The average molecular weight is 276 g/mol. The molecule has 0 aromatic heterocycles. The Balaban J connectivity index is 4.40. The topological polar surface area (TPSA) is 72.3 Å². The van der Waals surface area contributed by atoms with Crippen molar-refractivity contribution in [1.82, 2.24) is 0 Å². The Morgan fingerprint density at radius 3 is 1.25 bits per heavy atom. The first-order chi connectivity index (χ1) is 9.07. The zero-order valence-corrected chi connectivity index (χ0v) is 13.8. The summed E-state index contributed by atoms with van der Waals surface area (Å²) in [5.74, 6) is 0. The summed E-state index contributed by atoms with van der Waals surface area (Å²) in [6, 6.07) is 3.45. The van der Waals surface area contributed by atoms with Crippen LogP contribution in [0.2, 0.25) is 0 Å². The third kappa shape index (κ3) is 10.5. The Kier molecular flexibility index (Phi) is 7.43. The molecule has 112 valence electrons. The van der Waals surface area contributed by atoms with Crippen molar-refractivity contribution in [1.29, 1.82) is 10.5 Å². The van der Waals surface area contributed by atoms with Crippen LogP contribution in [-0.2, 0) is 0 Å². The van der Waals surface area contributed by atoms with Crippen molar-refractivity contribution in [3.8, 4) is 12.1 Å². The van der Waals surface area contributed by atoms with E-state index in [2.05, 4.69) is 63.9 Å². The second-order valence-electron chi connectivity index (χ2n) is 7.72. The highest BCUT2D eigenvalue weighted by Crippen LogP contribution is 2.24. The lowest BCUT2D eigenvalue weighted by Crippen LogP contribution is -2.12. The molecule has 0 aromatic rings. The van der Waals surface area contributed by atoms with Crippen LogP contribution < -0.4 is 0 Å². The minimum absolute atomic E-state index is 0.186. The lowest BCUT2D eigenvalue weighted by molar-refractivity contribution is 0.350. The Hall–Kier alpha value is -1.42. The molecular formula is C16H28N4. The summed E-state index contributed by atoms with van der Waals surface area (Å²) < 4.78 is 0. The summed E-state index contributed by atoms with van der Waals surface area (Å²) in [7, 11) is 0. The smallest absolute Gasteiger partial charge is 0.157 e. The largest absolute Gasteiger partial charge is 0.196 e. The van der Waals surface area contributed by atoms with Gasteiger partial charge in [-0.2, -0.15) is 20.8 Å². The molecule has 4 heteroatoms. The molecule has 0 aliphatic carbocycles. The van der Waals surface area contributed by atoms with Crippen LogP contribution >= 0.6 is 0 Å². The van der Waals surface area contributed by atoms with E-state index in [1.807, 2.05) is 0 Å². The summed E-state index contributed by atoms with van der Waals surface area (Å²) in [5.41, 5.74) is 0.372. The van der Waals surface area contributed by atoms with Crippen LogP contribution in [0.15, 0.2) is 10.2 Å². The van der Waals surface area contributed by atoms with E-state index in [9.17, 15) is 0 Å². The molecule has 0 aliphatic rings. The SMILES string of the molecule is CC(C)(C)CCC(C#N)N=NC(C#N)CCC(C)(C)C. The van der Waals surface area contributed by atoms with Gasteiger partial charge in [-0.05, 0) is 36.5 Å². The number of hydrogen-bond donors (Lipinski definition) is 0. The standard InChI is InChI=1S/C16H28N4/c1-15(2,3)9-7-13(11-17)19-20-14(12-18)8-10-16(4,5)6/h13-14H,7-10H2,1-6H3. The van der Waals surface area contributed by atoms with Gasteiger partial charge >= 0.3 is 0 Å². The molecule has 0 rings (SSSR count). The Morgan fingerprint density at radius 2 is 1.05 bits per heavy atom. The van der Waals surface area contributed by atoms with Crippen molar-refractivity contribution in [2.75, 3.05) is 0 Å². The molecule has 0 saturated heterocycles. The number of nitriles is 2. The fourth-order valence-electron chi connectivity index (χ4n) is 1.60. The van der Waals surface area contributed by atoms with E-state index in [0.717, 1.165) is 12.8 Å². The van der Waals surface area contributed by atoms with Gasteiger partial charge in [-0.15, -0.1) is 0 Å². The van der Waals surface area contributed by atoms with Crippen LogP contribution in [0.25, 0.3) is 0 Å². The van der Waals surface area contributed by atoms with E-state index >= 15 is 0 Å². The lowest BCUT2D eigenvalue weighted by Gasteiger charge is -2.19. The van der Waals surface area contributed by atoms with Gasteiger partial charge in [0.2, 0.25) is 0 Å². The molecular weight excluding hydrogens is 248 g/mol. The van der Waals surface area contributed by atoms with Crippen LogP contribution in [-0.4, -0.2) is 12.1 Å². The molecule has 0 spiro atoms. The van der Waals surface area contributed by atoms with E-state index in [1.54, 1.807) is 0 Å².